The van der Waals surface area contributed by atoms with Gasteiger partial charge < -0.3 is 10.2 Å². The second-order valence-corrected chi connectivity index (χ2v) is 5.39. The molecule has 1 aliphatic heterocycles. The fourth-order valence-corrected chi connectivity index (χ4v) is 2.26. The molecule has 1 aromatic rings. The zero-order valence-corrected chi connectivity index (χ0v) is 11.3. The van der Waals surface area contributed by atoms with E-state index in [1.165, 1.54) is 0 Å². The lowest BCUT2D eigenvalue weighted by Crippen LogP contribution is -2.64. The SMILES string of the molecule is CC1(C)CNC(CC#N)C(=O)N1Cc1ccncc1. The Hall–Kier alpha value is -1.93. The Morgan fingerprint density at radius 3 is 2.84 bits per heavy atom. The van der Waals surface area contributed by atoms with Crippen molar-refractivity contribution in [3.05, 3.63) is 30.1 Å². The van der Waals surface area contributed by atoms with Crippen molar-refractivity contribution in [2.24, 2.45) is 0 Å². The third-order valence-electron chi connectivity index (χ3n) is 3.46. The molecule has 0 bridgehead atoms. The number of amides is 1. The van der Waals surface area contributed by atoms with Gasteiger partial charge in [-0.15, -0.1) is 0 Å². The maximum atomic E-state index is 12.4. The van der Waals surface area contributed by atoms with Crippen molar-refractivity contribution in [2.45, 2.75) is 38.4 Å². The number of hydrogen-bond donors (Lipinski definition) is 1. The first-order chi connectivity index (χ1) is 9.04. The van der Waals surface area contributed by atoms with Crippen molar-refractivity contribution in [2.75, 3.05) is 6.54 Å². The van der Waals surface area contributed by atoms with Crippen LogP contribution in [0.2, 0.25) is 0 Å². The normalized spacial score (nSPS) is 22.1. The first-order valence-electron chi connectivity index (χ1n) is 6.35. The van der Waals surface area contributed by atoms with Gasteiger partial charge in [-0.25, -0.2) is 0 Å². The van der Waals surface area contributed by atoms with Crippen molar-refractivity contribution < 1.29 is 4.79 Å². The summed E-state index contributed by atoms with van der Waals surface area (Å²) in [6, 6.07) is 5.49. The molecule has 1 unspecified atom stereocenters. The van der Waals surface area contributed by atoms with Crippen molar-refractivity contribution in [1.82, 2.24) is 15.2 Å². The number of nitrogens with one attached hydrogen (secondary N) is 1. The molecular weight excluding hydrogens is 240 g/mol. The molecule has 5 nitrogen and oxygen atoms in total. The fourth-order valence-electron chi connectivity index (χ4n) is 2.26. The lowest BCUT2D eigenvalue weighted by molar-refractivity contribution is -0.143. The van der Waals surface area contributed by atoms with E-state index >= 15 is 0 Å². The molecule has 19 heavy (non-hydrogen) atoms. The smallest absolute Gasteiger partial charge is 0.241 e. The minimum Gasteiger partial charge on any atom is -0.331 e. The standard InChI is InChI=1S/C14H18N4O/c1-14(2)10-17-12(3-6-15)13(19)18(14)9-11-4-7-16-8-5-11/h4-5,7-8,12,17H,3,9-10H2,1-2H3. The van der Waals surface area contributed by atoms with Crippen LogP contribution in [0.25, 0.3) is 0 Å². The first kappa shape index (κ1) is 13.5. The molecule has 1 N–H and O–H groups in total. The molecule has 2 heterocycles. The molecule has 1 amide bonds. The molecule has 0 aromatic carbocycles. The van der Waals surface area contributed by atoms with E-state index in [1.54, 1.807) is 12.4 Å². The van der Waals surface area contributed by atoms with Crippen LogP contribution < -0.4 is 5.32 Å². The molecule has 0 saturated carbocycles. The number of rotatable bonds is 3. The van der Waals surface area contributed by atoms with Crippen LogP contribution in [0.5, 0.6) is 0 Å². The summed E-state index contributed by atoms with van der Waals surface area (Å²) in [6.45, 7) is 5.30. The minimum atomic E-state index is -0.389. The van der Waals surface area contributed by atoms with Crippen LogP contribution in [-0.4, -0.2) is 33.9 Å². The molecule has 2 rings (SSSR count). The molecule has 0 aliphatic carbocycles. The van der Waals surface area contributed by atoms with E-state index < -0.39 is 0 Å². The van der Waals surface area contributed by atoms with Crippen LogP contribution in [0.1, 0.15) is 25.8 Å². The van der Waals surface area contributed by atoms with E-state index in [9.17, 15) is 4.79 Å². The number of carbonyl (C=O) groups is 1. The molecule has 5 heteroatoms. The van der Waals surface area contributed by atoms with Gasteiger partial charge in [-0.05, 0) is 31.5 Å². The van der Waals surface area contributed by atoms with Gasteiger partial charge in [0.05, 0.1) is 18.0 Å². The van der Waals surface area contributed by atoms with Gasteiger partial charge in [0.25, 0.3) is 0 Å². The number of pyridine rings is 1. The van der Waals surface area contributed by atoms with Gasteiger partial charge in [-0.3, -0.25) is 9.78 Å². The third-order valence-corrected chi connectivity index (χ3v) is 3.46. The Balaban J connectivity index is 2.19. The Kier molecular flexibility index (Phi) is 3.82. The topological polar surface area (TPSA) is 69.0 Å². The predicted octanol–water partition coefficient (Wildman–Crippen LogP) is 1.07. The summed E-state index contributed by atoms with van der Waals surface area (Å²) in [6.07, 6.45) is 3.66. The van der Waals surface area contributed by atoms with E-state index in [1.807, 2.05) is 30.9 Å². The highest BCUT2D eigenvalue weighted by atomic mass is 16.2. The summed E-state index contributed by atoms with van der Waals surface area (Å²) in [5, 5.41) is 11.9. The number of hydrogen-bond acceptors (Lipinski definition) is 4. The lowest BCUT2D eigenvalue weighted by Gasteiger charge is -2.45. The summed E-state index contributed by atoms with van der Waals surface area (Å²) >= 11 is 0. The van der Waals surface area contributed by atoms with Crippen molar-refractivity contribution in [3.63, 3.8) is 0 Å². The van der Waals surface area contributed by atoms with E-state index in [0.29, 0.717) is 13.1 Å². The number of aromatic nitrogens is 1. The van der Waals surface area contributed by atoms with Crippen LogP contribution in [0.15, 0.2) is 24.5 Å². The molecule has 1 aromatic heterocycles. The van der Waals surface area contributed by atoms with Gasteiger partial charge in [0.2, 0.25) is 5.91 Å². The zero-order chi connectivity index (χ0) is 13.9. The first-order valence-corrected chi connectivity index (χ1v) is 6.35. The molecule has 1 fully saturated rings. The van der Waals surface area contributed by atoms with Crippen LogP contribution in [-0.2, 0) is 11.3 Å². The van der Waals surface area contributed by atoms with E-state index in [2.05, 4.69) is 16.4 Å². The average Bonchev–Trinajstić information content (AvgIpc) is 2.40. The number of nitrogens with zero attached hydrogens (tertiary/aromatic N) is 3. The van der Waals surface area contributed by atoms with Gasteiger partial charge in [-0.1, -0.05) is 0 Å². The van der Waals surface area contributed by atoms with Gasteiger partial charge in [0, 0.05) is 25.5 Å². The minimum absolute atomic E-state index is 0.00499. The Labute approximate surface area is 113 Å². The lowest BCUT2D eigenvalue weighted by atomic mass is 9.95. The second-order valence-electron chi connectivity index (χ2n) is 5.39. The van der Waals surface area contributed by atoms with Crippen molar-refractivity contribution >= 4 is 5.91 Å². The number of nitriles is 1. The highest BCUT2D eigenvalue weighted by Gasteiger charge is 2.39. The summed E-state index contributed by atoms with van der Waals surface area (Å²) in [5.41, 5.74) is 0.792. The van der Waals surface area contributed by atoms with Gasteiger partial charge in [0.1, 0.15) is 6.04 Å². The highest BCUT2D eigenvalue weighted by Crippen LogP contribution is 2.23. The van der Waals surface area contributed by atoms with E-state index in [-0.39, 0.29) is 23.9 Å². The van der Waals surface area contributed by atoms with Gasteiger partial charge in [-0.2, -0.15) is 5.26 Å². The molecule has 100 valence electrons. The van der Waals surface area contributed by atoms with Crippen LogP contribution in [0.3, 0.4) is 0 Å². The predicted molar refractivity (Wildman–Crippen MR) is 70.9 cm³/mol. The molecule has 1 atom stereocenters. The molecule has 1 saturated heterocycles. The largest absolute Gasteiger partial charge is 0.331 e. The van der Waals surface area contributed by atoms with Gasteiger partial charge >= 0.3 is 0 Å². The summed E-state index contributed by atoms with van der Waals surface area (Å²) in [4.78, 5) is 18.3. The van der Waals surface area contributed by atoms with Crippen molar-refractivity contribution in [3.8, 4) is 6.07 Å². The highest BCUT2D eigenvalue weighted by molar-refractivity contribution is 5.83. The molecule has 1 aliphatic rings. The Morgan fingerprint density at radius 1 is 1.53 bits per heavy atom. The third kappa shape index (κ3) is 2.91. The fraction of sp³-hybridized carbons (Fsp3) is 0.500. The van der Waals surface area contributed by atoms with E-state index in [4.69, 9.17) is 5.26 Å². The van der Waals surface area contributed by atoms with Crippen LogP contribution in [0, 0.1) is 11.3 Å². The molecule has 0 spiro atoms. The quantitative estimate of drug-likeness (QED) is 0.880. The zero-order valence-electron chi connectivity index (χ0n) is 11.3. The molecular formula is C14H18N4O. The maximum Gasteiger partial charge on any atom is 0.241 e. The number of piperazine rings is 1. The van der Waals surface area contributed by atoms with E-state index in [0.717, 1.165) is 5.56 Å². The Morgan fingerprint density at radius 2 is 2.21 bits per heavy atom. The van der Waals surface area contributed by atoms with Crippen molar-refractivity contribution in [1.29, 1.82) is 5.26 Å². The summed E-state index contributed by atoms with van der Waals surface area (Å²) in [5.74, 6) is -0.00499. The monoisotopic (exact) mass is 258 g/mol. The summed E-state index contributed by atoms with van der Waals surface area (Å²) in [7, 11) is 0. The number of carbonyl (C=O) groups excluding carboxylic acids is 1. The van der Waals surface area contributed by atoms with Crippen LogP contribution in [0.4, 0.5) is 0 Å². The Bertz CT molecular complexity index is 492. The average molecular weight is 258 g/mol. The van der Waals surface area contributed by atoms with Crippen LogP contribution >= 0.6 is 0 Å². The maximum absolute atomic E-state index is 12.4. The summed E-state index contributed by atoms with van der Waals surface area (Å²) < 4.78 is 0. The van der Waals surface area contributed by atoms with Gasteiger partial charge in [0.15, 0.2) is 0 Å². The molecule has 0 radical (unpaired) electrons. The second kappa shape index (κ2) is 5.37.